The number of likely N-dealkylation sites (N-methyl/N-ethyl adjacent to an activating group) is 1. The van der Waals surface area contributed by atoms with E-state index in [-0.39, 0.29) is 42.7 Å². The van der Waals surface area contributed by atoms with Crippen molar-refractivity contribution in [1.29, 1.82) is 0 Å². The Kier molecular flexibility index (Phi) is 9.58. The van der Waals surface area contributed by atoms with Crippen LogP contribution in [0.15, 0.2) is 24.3 Å². The van der Waals surface area contributed by atoms with Crippen molar-refractivity contribution < 1.29 is 19.5 Å². The van der Waals surface area contributed by atoms with E-state index >= 15 is 0 Å². The van der Waals surface area contributed by atoms with Gasteiger partial charge in [0.2, 0.25) is 5.91 Å². The lowest BCUT2D eigenvalue weighted by molar-refractivity contribution is -0.139. The number of likely N-dealkylation sites (tertiary alicyclic amines) is 1. The second-order valence-corrected chi connectivity index (χ2v) is 7.03. The number of rotatable bonds is 8. The van der Waals surface area contributed by atoms with E-state index in [2.05, 4.69) is 10.2 Å². The number of aliphatic carboxylic acids is 1. The van der Waals surface area contributed by atoms with E-state index in [0.29, 0.717) is 17.8 Å². The highest BCUT2D eigenvalue weighted by Gasteiger charge is 2.29. The zero-order valence-electron chi connectivity index (χ0n) is 16.7. The Hall–Kier alpha value is -1.96. The molecule has 1 aliphatic heterocycles. The maximum absolute atomic E-state index is 12.6. The molecule has 1 amide bonds. The lowest BCUT2D eigenvalue weighted by Gasteiger charge is -2.39. The summed E-state index contributed by atoms with van der Waals surface area (Å²) in [6, 6.07) is 6.89. The monoisotopic (exact) mass is 411 g/mol. The largest absolute Gasteiger partial charge is 0.480 e. The van der Waals surface area contributed by atoms with Crippen LogP contribution in [-0.4, -0.2) is 70.8 Å². The summed E-state index contributed by atoms with van der Waals surface area (Å²) in [6.07, 6.45) is 1.69. The first-order chi connectivity index (χ1) is 12.8. The van der Waals surface area contributed by atoms with Crippen molar-refractivity contribution in [3.63, 3.8) is 0 Å². The molecule has 0 aliphatic carbocycles. The molecule has 28 heavy (non-hydrogen) atoms. The highest BCUT2D eigenvalue weighted by atomic mass is 35.5. The van der Waals surface area contributed by atoms with E-state index in [4.69, 9.17) is 5.11 Å². The van der Waals surface area contributed by atoms with Crippen LogP contribution in [0.2, 0.25) is 0 Å². The zero-order chi connectivity index (χ0) is 20.0. The van der Waals surface area contributed by atoms with E-state index in [0.717, 1.165) is 25.9 Å². The molecule has 2 N–H and O–H groups in total. The lowest BCUT2D eigenvalue weighted by Crippen LogP contribution is -2.51. The summed E-state index contributed by atoms with van der Waals surface area (Å²) in [5.41, 5.74) is 1.19. The second kappa shape index (κ2) is 11.1. The topological polar surface area (TPSA) is 90.0 Å². The number of Topliss-reactive ketones (excluding diaryl/α,β-unsaturated/α-hetero) is 1. The number of hydrogen-bond acceptors (Lipinski definition) is 5. The van der Waals surface area contributed by atoms with Crippen LogP contribution in [0.4, 0.5) is 5.69 Å². The summed E-state index contributed by atoms with van der Waals surface area (Å²) in [5.74, 6) is -0.949. The standard InChI is InChI=1S/C20H29N3O4.ClH/c1-4-22(13-19(25)26)18-8-10-23(11-9-18)14(2)20(27)21-17-7-5-6-16(12-17)15(3)24;/h5-7,12,14,18H,4,8-11,13H2,1-3H3,(H,21,27)(H,25,26);1H. The normalized spacial score (nSPS) is 16.3. The number of anilines is 1. The molecule has 1 aliphatic rings. The molecule has 7 nitrogen and oxygen atoms in total. The van der Waals surface area contributed by atoms with E-state index in [1.54, 1.807) is 24.3 Å². The molecule has 8 heteroatoms. The molecule has 2 rings (SSSR count). The van der Waals surface area contributed by atoms with Crippen LogP contribution in [0.1, 0.15) is 44.0 Å². The molecular formula is C20H30ClN3O4. The van der Waals surface area contributed by atoms with Crippen molar-refractivity contribution in [3.8, 4) is 0 Å². The molecule has 1 heterocycles. The molecule has 0 aromatic heterocycles. The Balaban J connectivity index is 0.00000392. The Morgan fingerprint density at radius 3 is 2.46 bits per heavy atom. The fourth-order valence-corrected chi connectivity index (χ4v) is 3.54. The number of nitrogens with one attached hydrogen (secondary N) is 1. The number of nitrogens with zero attached hydrogens (tertiary/aromatic N) is 2. The molecule has 1 saturated heterocycles. The molecule has 0 saturated carbocycles. The Morgan fingerprint density at radius 1 is 1.29 bits per heavy atom. The van der Waals surface area contributed by atoms with Crippen LogP contribution < -0.4 is 5.32 Å². The van der Waals surface area contributed by atoms with Crippen LogP contribution in [0.5, 0.6) is 0 Å². The number of piperidine rings is 1. The third-order valence-corrected chi connectivity index (χ3v) is 5.22. The fraction of sp³-hybridized carbons (Fsp3) is 0.550. The SMILES string of the molecule is CCN(CC(=O)O)C1CCN(C(C)C(=O)Nc2cccc(C(C)=O)c2)CC1.Cl. The first-order valence-electron chi connectivity index (χ1n) is 9.43. The number of carbonyl (C=O) groups is 3. The van der Waals surface area contributed by atoms with Crippen molar-refractivity contribution in [2.45, 2.75) is 45.7 Å². The molecule has 1 aromatic rings. The zero-order valence-corrected chi connectivity index (χ0v) is 17.5. The van der Waals surface area contributed by atoms with Crippen LogP contribution in [0, 0.1) is 0 Å². The quantitative estimate of drug-likeness (QED) is 0.639. The second-order valence-electron chi connectivity index (χ2n) is 7.03. The van der Waals surface area contributed by atoms with Crippen molar-refractivity contribution in [2.24, 2.45) is 0 Å². The first kappa shape index (κ1) is 24.1. The van der Waals surface area contributed by atoms with Crippen LogP contribution >= 0.6 is 12.4 Å². The van der Waals surface area contributed by atoms with Gasteiger partial charge in [-0.25, -0.2) is 0 Å². The predicted octanol–water partition coefficient (Wildman–Crippen LogP) is 2.51. The molecule has 1 atom stereocenters. The minimum atomic E-state index is -0.806. The summed E-state index contributed by atoms with van der Waals surface area (Å²) >= 11 is 0. The predicted molar refractivity (Wildman–Crippen MR) is 111 cm³/mol. The minimum absolute atomic E-state index is 0. The number of benzene rings is 1. The van der Waals surface area contributed by atoms with Crippen molar-refractivity contribution in [1.82, 2.24) is 9.80 Å². The summed E-state index contributed by atoms with van der Waals surface area (Å²) in [4.78, 5) is 39.2. The number of carboxylic acids is 1. The maximum Gasteiger partial charge on any atom is 0.317 e. The average Bonchev–Trinajstić information content (AvgIpc) is 2.65. The molecule has 0 spiro atoms. The van der Waals surface area contributed by atoms with Crippen LogP contribution in [0.25, 0.3) is 0 Å². The van der Waals surface area contributed by atoms with Gasteiger partial charge in [0.1, 0.15) is 0 Å². The van der Waals surface area contributed by atoms with Gasteiger partial charge in [-0.2, -0.15) is 0 Å². The number of carboxylic acid groups (broad SMARTS) is 1. The number of ketones is 1. The Morgan fingerprint density at radius 2 is 1.93 bits per heavy atom. The highest BCUT2D eigenvalue weighted by molar-refractivity contribution is 5.98. The molecule has 1 aromatic carbocycles. The van der Waals surface area contributed by atoms with Gasteiger partial charge in [-0.15, -0.1) is 12.4 Å². The van der Waals surface area contributed by atoms with Crippen molar-refractivity contribution >= 4 is 35.8 Å². The number of halogens is 1. The lowest BCUT2D eigenvalue weighted by atomic mass is 10.0. The summed E-state index contributed by atoms with van der Waals surface area (Å²) in [5, 5.41) is 11.9. The Labute approximate surface area is 172 Å². The average molecular weight is 412 g/mol. The van der Waals surface area contributed by atoms with Gasteiger partial charge in [0.15, 0.2) is 5.78 Å². The summed E-state index contributed by atoms with van der Waals surface area (Å²) in [6.45, 7) is 7.62. The van der Waals surface area contributed by atoms with E-state index in [9.17, 15) is 14.4 Å². The number of amides is 1. The first-order valence-corrected chi connectivity index (χ1v) is 9.43. The Bertz CT molecular complexity index is 690. The van der Waals surface area contributed by atoms with Gasteiger partial charge in [-0.1, -0.05) is 19.1 Å². The molecule has 0 radical (unpaired) electrons. The van der Waals surface area contributed by atoms with Gasteiger partial charge in [-0.05, 0) is 45.4 Å². The van der Waals surface area contributed by atoms with Gasteiger partial charge in [0.05, 0.1) is 12.6 Å². The number of carbonyl (C=O) groups excluding carboxylic acids is 2. The van der Waals surface area contributed by atoms with Gasteiger partial charge in [0, 0.05) is 30.4 Å². The molecule has 156 valence electrons. The van der Waals surface area contributed by atoms with Gasteiger partial charge in [-0.3, -0.25) is 24.2 Å². The van der Waals surface area contributed by atoms with Gasteiger partial charge >= 0.3 is 5.97 Å². The van der Waals surface area contributed by atoms with Gasteiger partial charge in [0.25, 0.3) is 0 Å². The fourth-order valence-electron chi connectivity index (χ4n) is 3.54. The van der Waals surface area contributed by atoms with Crippen LogP contribution in [-0.2, 0) is 9.59 Å². The molecule has 1 fully saturated rings. The molecule has 0 bridgehead atoms. The van der Waals surface area contributed by atoms with Crippen molar-refractivity contribution in [2.75, 3.05) is 31.5 Å². The maximum atomic E-state index is 12.6. The summed E-state index contributed by atoms with van der Waals surface area (Å²) < 4.78 is 0. The minimum Gasteiger partial charge on any atom is -0.480 e. The van der Waals surface area contributed by atoms with Gasteiger partial charge < -0.3 is 10.4 Å². The highest BCUT2D eigenvalue weighted by Crippen LogP contribution is 2.19. The van der Waals surface area contributed by atoms with E-state index in [1.807, 2.05) is 18.7 Å². The van der Waals surface area contributed by atoms with E-state index in [1.165, 1.54) is 6.92 Å². The third kappa shape index (κ3) is 6.58. The number of hydrogen-bond donors (Lipinski definition) is 2. The smallest absolute Gasteiger partial charge is 0.317 e. The van der Waals surface area contributed by atoms with Crippen LogP contribution in [0.3, 0.4) is 0 Å². The van der Waals surface area contributed by atoms with E-state index < -0.39 is 5.97 Å². The summed E-state index contributed by atoms with van der Waals surface area (Å²) in [7, 11) is 0. The molecule has 1 unspecified atom stereocenters. The van der Waals surface area contributed by atoms with Crippen molar-refractivity contribution in [3.05, 3.63) is 29.8 Å². The molecular weight excluding hydrogens is 382 g/mol. The third-order valence-electron chi connectivity index (χ3n) is 5.22.